The van der Waals surface area contributed by atoms with Gasteiger partial charge in [-0.1, -0.05) is 42.5 Å². The van der Waals surface area contributed by atoms with Crippen LogP contribution in [0.3, 0.4) is 0 Å². The van der Waals surface area contributed by atoms with E-state index in [1.54, 1.807) is 30.7 Å². The number of carbonyl (C=O) groups excluding carboxylic acids is 1. The summed E-state index contributed by atoms with van der Waals surface area (Å²) < 4.78 is 16.1. The molecule has 138 valence electrons. The SMILES string of the molecule is Cc1c(F)cccc1C1(C(=O)NO)CCc2c1cnn2Cc1ccccc1. The fraction of sp³-hybridized carbons (Fsp3) is 0.238. The molecule has 1 unspecified atom stereocenters. The number of nitrogens with zero attached hydrogens (tertiary/aromatic N) is 2. The predicted molar refractivity (Wildman–Crippen MR) is 97.9 cm³/mol. The fourth-order valence-electron chi connectivity index (χ4n) is 4.17. The van der Waals surface area contributed by atoms with Crippen molar-refractivity contribution in [1.29, 1.82) is 0 Å². The van der Waals surface area contributed by atoms with Crippen LogP contribution in [0.2, 0.25) is 0 Å². The average Bonchev–Trinajstić information content (AvgIpc) is 3.26. The largest absolute Gasteiger partial charge is 0.289 e. The first kappa shape index (κ1) is 17.4. The van der Waals surface area contributed by atoms with Gasteiger partial charge < -0.3 is 0 Å². The molecule has 0 saturated heterocycles. The normalized spacial score (nSPS) is 18.3. The highest BCUT2D eigenvalue weighted by Gasteiger charge is 2.49. The van der Waals surface area contributed by atoms with Crippen LogP contribution in [0.1, 0.15) is 34.4 Å². The van der Waals surface area contributed by atoms with Crippen LogP contribution in [-0.4, -0.2) is 20.9 Å². The summed E-state index contributed by atoms with van der Waals surface area (Å²) >= 11 is 0. The number of aromatic nitrogens is 2. The lowest BCUT2D eigenvalue weighted by atomic mass is 9.74. The topological polar surface area (TPSA) is 67.2 Å². The standard InChI is InChI=1S/C21H20FN3O2/c1-14-16(8-5-9-18(14)22)21(20(26)24-27)11-10-19-17(21)12-23-25(19)13-15-6-3-2-4-7-15/h2-9,12,27H,10-11,13H2,1H3,(H,24,26). The van der Waals surface area contributed by atoms with Gasteiger partial charge in [0.25, 0.3) is 5.91 Å². The minimum absolute atomic E-state index is 0.372. The van der Waals surface area contributed by atoms with Gasteiger partial charge in [0.2, 0.25) is 0 Å². The van der Waals surface area contributed by atoms with Crippen molar-refractivity contribution in [3.05, 3.63) is 88.5 Å². The molecule has 0 fully saturated rings. The highest BCUT2D eigenvalue weighted by molar-refractivity contribution is 5.93. The summed E-state index contributed by atoms with van der Waals surface area (Å²) in [7, 11) is 0. The highest BCUT2D eigenvalue weighted by Crippen LogP contribution is 2.46. The van der Waals surface area contributed by atoms with Gasteiger partial charge in [-0.05, 0) is 42.5 Å². The zero-order chi connectivity index (χ0) is 19.0. The molecular weight excluding hydrogens is 345 g/mol. The Morgan fingerprint density at radius 3 is 2.74 bits per heavy atom. The molecule has 0 radical (unpaired) electrons. The van der Waals surface area contributed by atoms with Gasteiger partial charge in [0.1, 0.15) is 11.2 Å². The smallest absolute Gasteiger partial charge is 0.258 e. The summed E-state index contributed by atoms with van der Waals surface area (Å²) in [6, 6.07) is 14.7. The van der Waals surface area contributed by atoms with Crippen molar-refractivity contribution < 1.29 is 14.4 Å². The molecule has 0 spiro atoms. The summed E-state index contributed by atoms with van der Waals surface area (Å²) in [6.07, 6.45) is 2.74. The second-order valence-electron chi connectivity index (χ2n) is 6.91. The van der Waals surface area contributed by atoms with E-state index in [0.717, 1.165) is 16.8 Å². The van der Waals surface area contributed by atoms with E-state index in [1.807, 2.05) is 35.0 Å². The summed E-state index contributed by atoms with van der Waals surface area (Å²) in [5.74, 6) is -0.933. The van der Waals surface area contributed by atoms with Crippen LogP contribution in [0, 0.1) is 12.7 Å². The number of carbonyl (C=O) groups is 1. The molecule has 27 heavy (non-hydrogen) atoms. The summed E-state index contributed by atoms with van der Waals surface area (Å²) in [5.41, 5.74) is 4.38. The molecule has 1 aliphatic carbocycles. The molecule has 3 aromatic rings. The number of hydrogen-bond acceptors (Lipinski definition) is 3. The van der Waals surface area contributed by atoms with Crippen LogP contribution >= 0.6 is 0 Å². The molecule has 2 N–H and O–H groups in total. The second kappa shape index (κ2) is 6.63. The minimum atomic E-state index is -1.15. The molecule has 1 aliphatic rings. The van der Waals surface area contributed by atoms with Crippen molar-refractivity contribution in [2.45, 2.75) is 31.7 Å². The van der Waals surface area contributed by atoms with E-state index < -0.39 is 11.3 Å². The lowest BCUT2D eigenvalue weighted by Gasteiger charge is -2.29. The minimum Gasteiger partial charge on any atom is -0.289 e. The molecule has 0 aliphatic heterocycles. The Morgan fingerprint density at radius 1 is 1.22 bits per heavy atom. The first-order valence-electron chi connectivity index (χ1n) is 8.87. The third-order valence-corrected chi connectivity index (χ3v) is 5.54. The molecule has 6 heteroatoms. The average molecular weight is 365 g/mol. The Balaban J connectivity index is 1.84. The number of hydrogen-bond donors (Lipinski definition) is 2. The third kappa shape index (κ3) is 2.64. The van der Waals surface area contributed by atoms with E-state index in [2.05, 4.69) is 5.10 Å². The molecule has 0 saturated carbocycles. The number of rotatable bonds is 4. The van der Waals surface area contributed by atoms with E-state index in [4.69, 9.17) is 0 Å². The van der Waals surface area contributed by atoms with Gasteiger partial charge in [0.15, 0.2) is 0 Å². The van der Waals surface area contributed by atoms with Gasteiger partial charge in [0, 0.05) is 11.3 Å². The lowest BCUT2D eigenvalue weighted by Crippen LogP contribution is -2.43. The first-order valence-corrected chi connectivity index (χ1v) is 8.87. The van der Waals surface area contributed by atoms with Crippen LogP contribution in [0.5, 0.6) is 0 Å². The van der Waals surface area contributed by atoms with E-state index >= 15 is 0 Å². The Kier molecular flexibility index (Phi) is 4.28. The van der Waals surface area contributed by atoms with Crippen molar-refractivity contribution in [3.63, 3.8) is 0 Å². The molecule has 1 heterocycles. The Morgan fingerprint density at radius 2 is 2.00 bits per heavy atom. The van der Waals surface area contributed by atoms with Crippen molar-refractivity contribution in [2.75, 3.05) is 0 Å². The van der Waals surface area contributed by atoms with Gasteiger partial charge in [-0.15, -0.1) is 0 Å². The van der Waals surface area contributed by atoms with E-state index in [-0.39, 0.29) is 5.82 Å². The van der Waals surface area contributed by atoms with Crippen molar-refractivity contribution >= 4 is 5.91 Å². The van der Waals surface area contributed by atoms with Gasteiger partial charge in [0.05, 0.1) is 12.7 Å². The van der Waals surface area contributed by atoms with E-state index in [1.165, 1.54) is 6.07 Å². The van der Waals surface area contributed by atoms with Crippen LogP contribution in [0.25, 0.3) is 0 Å². The van der Waals surface area contributed by atoms with Gasteiger partial charge in [-0.25, -0.2) is 9.87 Å². The fourth-order valence-corrected chi connectivity index (χ4v) is 4.17. The summed E-state index contributed by atoms with van der Waals surface area (Å²) in [6.45, 7) is 2.25. The maximum atomic E-state index is 14.2. The van der Waals surface area contributed by atoms with E-state index in [0.29, 0.717) is 30.5 Å². The first-order chi connectivity index (χ1) is 13.1. The number of halogens is 1. The maximum Gasteiger partial charge on any atom is 0.258 e. The zero-order valence-corrected chi connectivity index (χ0v) is 14.9. The molecular formula is C21H20FN3O2. The van der Waals surface area contributed by atoms with Crippen molar-refractivity contribution in [1.82, 2.24) is 15.3 Å². The van der Waals surface area contributed by atoms with Crippen LogP contribution < -0.4 is 5.48 Å². The second-order valence-corrected chi connectivity index (χ2v) is 6.91. The Labute approximate surface area is 156 Å². The van der Waals surface area contributed by atoms with Crippen molar-refractivity contribution in [2.24, 2.45) is 0 Å². The third-order valence-electron chi connectivity index (χ3n) is 5.54. The molecule has 1 amide bonds. The summed E-state index contributed by atoms with van der Waals surface area (Å²) in [5, 5.41) is 13.9. The molecule has 1 aromatic heterocycles. The molecule has 5 nitrogen and oxygen atoms in total. The predicted octanol–water partition coefficient (Wildman–Crippen LogP) is 3.12. The van der Waals surface area contributed by atoms with E-state index in [9.17, 15) is 14.4 Å². The number of nitrogens with one attached hydrogen (secondary N) is 1. The zero-order valence-electron chi connectivity index (χ0n) is 14.9. The highest BCUT2D eigenvalue weighted by atomic mass is 19.1. The van der Waals surface area contributed by atoms with Gasteiger partial charge in [-0.3, -0.25) is 14.7 Å². The number of hydroxylamine groups is 1. The Hall–Kier alpha value is -2.99. The molecule has 0 bridgehead atoms. The van der Waals surface area contributed by atoms with Crippen LogP contribution in [0.4, 0.5) is 4.39 Å². The van der Waals surface area contributed by atoms with Crippen LogP contribution in [0.15, 0.2) is 54.7 Å². The van der Waals surface area contributed by atoms with Crippen molar-refractivity contribution in [3.8, 4) is 0 Å². The monoisotopic (exact) mass is 365 g/mol. The number of amides is 1. The quantitative estimate of drug-likeness (QED) is 0.551. The maximum absolute atomic E-state index is 14.2. The van der Waals surface area contributed by atoms with Gasteiger partial charge in [-0.2, -0.15) is 5.10 Å². The lowest BCUT2D eigenvalue weighted by molar-refractivity contribution is -0.133. The number of benzene rings is 2. The number of fused-ring (bicyclic) bond motifs is 1. The molecule has 4 rings (SSSR count). The van der Waals surface area contributed by atoms with Crippen LogP contribution in [-0.2, 0) is 23.2 Å². The van der Waals surface area contributed by atoms with Gasteiger partial charge >= 0.3 is 0 Å². The summed E-state index contributed by atoms with van der Waals surface area (Å²) in [4.78, 5) is 12.8. The molecule has 1 atom stereocenters. The Bertz CT molecular complexity index is 1000. The molecule has 2 aromatic carbocycles.